The predicted octanol–water partition coefficient (Wildman–Crippen LogP) is 2.49. The largest absolute Gasteiger partial charge is 0.343 e. The van der Waals surface area contributed by atoms with Crippen LogP contribution in [0.5, 0.6) is 0 Å². The summed E-state index contributed by atoms with van der Waals surface area (Å²) in [5.41, 5.74) is 0. The molecule has 1 aliphatic heterocycles. The van der Waals surface area contributed by atoms with E-state index in [-0.39, 0.29) is 0 Å². The second-order valence-electron chi connectivity index (χ2n) is 3.98. The molecule has 82 valence electrons. The molecule has 0 N–H and O–H groups in total. The summed E-state index contributed by atoms with van der Waals surface area (Å²) in [7, 11) is 0. The van der Waals surface area contributed by atoms with Crippen molar-refractivity contribution in [3.63, 3.8) is 0 Å². The van der Waals surface area contributed by atoms with Crippen LogP contribution < -0.4 is 0 Å². The van der Waals surface area contributed by atoms with E-state index in [4.69, 9.17) is 0 Å². The van der Waals surface area contributed by atoms with Crippen LogP contribution in [0.4, 0.5) is 0 Å². The molecule has 0 aromatic carbocycles. The minimum atomic E-state index is 0.355. The van der Waals surface area contributed by atoms with Crippen LogP contribution in [0.3, 0.4) is 0 Å². The van der Waals surface area contributed by atoms with Crippen LogP contribution in [0.2, 0.25) is 0 Å². The topological polar surface area (TPSA) is 20.3 Å². The maximum Gasteiger partial charge on any atom is 0.222 e. The fourth-order valence-electron chi connectivity index (χ4n) is 1.89. The summed E-state index contributed by atoms with van der Waals surface area (Å²) in [6, 6.07) is 0. The lowest BCUT2D eigenvalue weighted by atomic mass is 10.1. The van der Waals surface area contributed by atoms with Gasteiger partial charge in [-0.2, -0.15) is 12.6 Å². The molecule has 1 heterocycles. The first-order valence-corrected chi connectivity index (χ1v) is 6.36. The van der Waals surface area contributed by atoms with Crippen LogP contribution in [-0.4, -0.2) is 29.6 Å². The zero-order valence-corrected chi connectivity index (χ0v) is 9.77. The van der Waals surface area contributed by atoms with Crippen LogP contribution in [-0.2, 0) is 4.79 Å². The van der Waals surface area contributed by atoms with Crippen molar-refractivity contribution in [3.05, 3.63) is 0 Å². The fraction of sp³-hybridized carbons (Fsp3) is 0.909. The van der Waals surface area contributed by atoms with E-state index >= 15 is 0 Å². The van der Waals surface area contributed by atoms with Crippen LogP contribution >= 0.6 is 12.6 Å². The first kappa shape index (κ1) is 11.9. The van der Waals surface area contributed by atoms with Crippen molar-refractivity contribution >= 4 is 18.5 Å². The highest BCUT2D eigenvalue weighted by Gasteiger charge is 2.13. The number of thiol groups is 1. The van der Waals surface area contributed by atoms with E-state index < -0.39 is 0 Å². The van der Waals surface area contributed by atoms with Crippen molar-refractivity contribution in [2.45, 2.75) is 44.9 Å². The van der Waals surface area contributed by atoms with Gasteiger partial charge in [-0.15, -0.1) is 0 Å². The maximum atomic E-state index is 11.7. The van der Waals surface area contributed by atoms with Gasteiger partial charge in [0.1, 0.15) is 0 Å². The van der Waals surface area contributed by atoms with Crippen LogP contribution in [0.15, 0.2) is 0 Å². The molecular formula is C11H21NOS. The molecule has 0 atom stereocenters. The number of carbonyl (C=O) groups is 1. The number of amides is 1. The molecule has 0 aromatic heterocycles. The highest BCUT2D eigenvalue weighted by molar-refractivity contribution is 7.80. The Morgan fingerprint density at radius 1 is 1.14 bits per heavy atom. The normalized spacial score (nSPS) is 20.1. The molecule has 1 rings (SSSR count). The molecular weight excluding hydrogens is 194 g/mol. The summed E-state index contributed by atoms with van der Waals surface area (Å²) < 4.78 is 0. The molecule has 1 aliphatic rings. The molecule has 0 radical (unpaired) electrons. The first-order valence-electron chi connectivity index (χ1n) is 5.73. The minimum Gasteiger partial charge on any atom is -0.343 e. The van der Waals surface area contributed by atoms with E-state index in [1.165, 1.54) is 25.7 Å². The number of carbonyl (C=O) groups excluding carboxylic acids is 1. The van der Waals surface area contributed by atoms with Gasteiger partial charge >= 0.3 is 0 Å². The van der Waals surface area contributed by atoms with Crippen molar-refractivity contribution in [2.24, 2.45) is 0 Å². The second-order valence-corrected chi connectivity index (χ2v) is 4.42. The van der Waals surface area contributed by atoms with E-state index in [0.717, 1.165) is 38.1 Å². The number of hydrogen-bond acceptors (Lipinski definition) is 2. The Labute approximate surface area is 92.5 Å². The molecule has 0 spiro atoms. The third-order valence-electron chi connectivity index (χ3n) is 2.76. The zero-order valence-electron chi connectivity index (χ0n) is 8.87. The highest BCUT2D eigenvalue weighted by atomic mass is 32.1. The Morgan fingerprint density at radius 2 is 1.86 bits per heavy atom. The third kappa shape index (κ3) is 4.36. The van der Waals surface area contributed by atoms with Crippen molar-refractivity contribution in [2.75, 3.05) is 18.8 Å². The van der Waals surface area contributed by atoms with Gasteiger partial charge in [0, 0.05) is 19.5 Å². The van der Waals surface area contributed by atoms with Gasteiger partial charge in [-0.25, -0.2) is 0 Å². The smallest absolute Gasteiger partial charge is 0.222 e. The lowest BCUT2D eigenvalue weighted by Gasteiger charge is -2.21. The summed E-state index contributed by atoms with van der Waals surface area (Å²) in [5, 5.41) is 0. The van der Waals surface area contributed by atoms with Crippen molar-refractivity contribution in [1.82, 2.24) is 4.90 Å². The Bertz CT molecular complexity index is 173. The Kier molecular flexibility index (Phi) is 6.08. The molecule has 0 aromatic rings. The van der Waals surface area contributed by atoms with E-state index in [9.17, 15) is 4.79 Å². The van der Waals surface area contributed by atoms with E-state index in [0.29, 0.717) is 5.91 Å². The Hall–Kier alpha value is -0.180. The maximum absolute atomic E-state index is 11.7. The van der Waals surface area contributed by atoms with Gasteiger partial charge in [0.25, 0.3) is 0 Å². The number of hydrogen-bond donors (Lipinski definition) is 1. The summed E-state index contributed by atoms with van der Waals surface area (Å²) in [4.78, 5) is 13.8. The van der Waals surface area contributed by atoms with Gasteiger partial charge in [0.15, 0.2) is 0 Å². The Balaban J connectivity index is 2.36. The number of rotatable bonds is 3. The van der Waals surface area contributed by atoms with E-state index in [1.54, 1.807) is 0 Å². The van der Waals surface area contributed by atoms with Gasteiger partial charge in [0.05, 0.1) is 0 Å². The third-order valence-corrected chi connectivity index (χ3v) is 3.07. The standard InChI is InChI=1S/C11H21NOS/c13-11-7-4-2-1-3-5-8-12(11)9-6-10-14/h14H,1-10H2. The second kappa shape index (κ2) is 7.16. The van der Waals surface area contributed by atoms with Gasteiger partial charge in [0.2, 0.25) is 5.91 Å². The molecule has 1 saturated heterocycles. The van der Waals surface area contributed by atoms with Crippen molar-refractivity contribution in [1.29, 1.82) is 0 Å². The number of nitrogens with zero attached hydrogens (tertiary/aromatic N) is 1. The van der Waals surface area contributed by atoms with Gasteiger partial charge in [-0.05, 0) is 25.0 Å². The van der Waals surface area contributed by atoms with Crippen molar-refractivity contribution < 1.29 is 4.79 Å². The molecule has 2 nitrogen and oxygen atoms in total. The van der Waals surface area contributed by atoms with Gasteiger partial charge in [-0.1, -0.05) is 19.3 Å². The minimum absolute atomic E-state index is 0.355. The molecule has 1 amide bonds. The quantitative estimate of drug-likeness (QED) is 0.717. The summed E-state index contributed by atoms with van der Waals surface area (Å²) in [6.45, 7) is 1.87. The predicted molar refractivity (Wildman–Crippen MR) is 62.8 cm³/mol. The summed E-state index contributed by atoms with van der Waals surface area (Å²) >= 11 is 4.18. The summed E-state index contributed by atoms with van der Waals surface area (Å²) in [5.74, 6) is 1.23. The Morgan fingerprint density at radius 3 is 2.64 bits per heavy atom. The van der Waals surface area contributed by atoms with E-state index in [2.05, 4.69) is 12.6 Å². The average molecular weight is 215 g/mol. The van der Waals surface area contributed by atoms with Crippen LogP contribution in [0.1, 0.15) is 44.9 Å². The highest BCUT2D eigenvalue weighted by Crippen LogP contribution is 2.12. The first-order chi connectivity index (χ1) is 6.84. The average Bonchev–Trinajstić information content (AvgIpc) is 2.28. The monoisotopic (exact) mass is 215 g/mol. The van der Waals surface area contributed by atoms with Crippen LogP contribution in [0.25, 0.3) is 0 Å². The van der Waals surface area contributed by atoms with E-state index in [1.807, 2.05) is 4.90 Å². The lowest BCUT2D eigenvalue weighted by molar-refractivity contribution is -0.131. The SMILES string of the molecule is O=C1CCCCCCCN1CCCS. The van der Waals surface area contributed by atoms with Crippen molar-refractivity contribution in [3.8, 4) is 0 Å². The molecule has 0 bridgehead atoms. The van der Waals surface area contributed by atoms with Gasteiger partial charge < -0.3 is 4.90 Å². The molecule has 0 unspecified atom stereocenters. The molecule has 3 heteroatoms. The lowest BCUT2D eigenvalue weighted by Crippen LogP contribution is -2.32. The molecule has 14 heavy (non-hydrogen) atoms. The zero-order chi connectivity index (χ0) is 10.2. The van der Waals surface area contributed by atoms with Crippen LogP contribution in [0, 0.1) is 0 Å². The molecule has 1 fully saturated rings. The molecule has 0 saturated carbocycles. The summed E-state index contributed by atoms with van der Waals surface area (Å²) in [6.07, 6.45) is 7.85. The van der Waals surface area contributed by atoms with Gasteiger partial charge in [-0.3, -0.25) is 4.79 Å². The fourth-order valence-corrected chi connectivity index (χ4v) is 2.03. The molecule has 0 aliphatic carbocycles.